The van der Waals surface area contributed by atoms with Gasteiger partial charge in [0.15, 0.2) is 0 Å². The van der Waals surface area contributed by atoms with Crippen LogP contribution in [0.25, 0.3) is 0 Å². The van der Waals surface area contributed by atoms with Gasteiger partial charge >= 0.3 is 0 Å². The van der Waals surface area contributed by atoms with Crippen LogP contribution in [-0.4, -0.2) is 28.4 Å². The lowest BCUT2D eigenvalue weighted by Gasteiger charge is -2.55. The Balaban J connectivity index is 1.13. The number of aromatic nitrogens is 2. The maximum atomic E-state index is 14.7. The second-order valence-corrected chi connectivity index (χ2v) is 13.8. The molecule has 2 atom stereocenters. The van der Waals surface area contributed by atoms with Crippen LogP contribution in [0.4, 0.5) is 10.1 Å². The Hall–Kier alpha value is -1.69. The van der Waals surface area contributed by atoms with Crippen molar-refractivity contribution in [2.45, 2.75) is 88.1 Å². The fourth-order valence-electron chi connectivity index (χ4n) is 8.13. The monoisotopic (exact) mass is 553 g/mol. The van der Waals surface area contributed by atoms with E-state index in [4.69, 9.17) is 5.10 Å². The van der Waals surface area contributed by atoms with Gasteiger partial charge in [-0.25, -0.2) is 4.39 Å². The highest BCUT2D eigenvalue weighted by Gasteiger charge is 2.54. The van der Waals surface area contributed by atoms with Crippen LogP contribution in [0.5, 0.6) is 0 Å². The standard InChI is InChI=1S/C30H37BrFN3O/c1-34-26(19-5-6-19)17-27(33-34)30-10-7-29(8-11-30,9-12-30)18-35(23-4-2-3-22(31)15-23)28(36)24-16-25(32)21-13-20(24)14-21/h2-4,15,17,19-21,24-25H,5-14,16,18H2,1H3/t20?,21?,24-,25?,29?,30?/m0/s1. The van der Waals surface area contributed by atoms with Crippen LogP contribution >= 0.6 is 15.9 Å². The van der Waals surface area contributed by atoms with E-state index in [1.54, 1.807) is 0 Å². The van der Waals surface area contributed by atoms with Gasteiger partial charge in [0.05, 0.1) is 5.69 Å². The van der Waals surface area contributed by atoms with E-state index in [9.17, 15) is 9.18 Å². The predicted octanol–water partition coefficient (Wildman–Crippen LogP) is 7.07. The van der Waals surface area contributed by atoms with Gasteiger partial charge in [-0.2, -0.15) is 5.10 Å². The molecule has 9 rings (SSSR count). The zero-order valence-electron chi connectivity index (χ0n) is 21.3. The van der Waals surface area contributed by atoms with Gasteiger partial charge in [0, 0.05) is 46.7 Å². The van der Waals surface area contributed by atoms with E-state index in [1.165, 1.54) is 24.2 Å². The molecule has 7 aliphatic carbocycles. The number of fused-ring (bicyclic) bond motifs is 5. The summed E-state index contributed by atoms with van der Waals surface area (Å²) < 4.78 is 17.8. The molecule has 36 heavy (non-hydrogen) atoms. The third kappa shape index (κ3) is 3.80. The summed E-state index contributed by atoms with van der Waals surface area (Å²) in [5, 5.41) is 5.02. The van der Waals surface area contributed by atoms with Crippen molar-refractivity contribution in [1.29, 1.82) is 0 Å². The molecule has 6 heteroatoms. The Labute approximate surface area is 222 Å². The third-order valence-corrected chi connectivity index (χ3v) is 11.3. The molecule has 1 aromatic heterocycles. The van der Waals surface area contributed by atoms with Gasteiger partial charge in [-0.1, -0.05) is 22.0 Å². The number of benzene rings is 1. The van der Waals surface area contributed by atoms with E-state index >= 15 is 0 Å². The lowest BCUT2D eigenvalue weighted by atomic mass is 9.52. The summed E-state index contributed by atoms with van der Waals surface area (Å²) in [6, 6.07) is 10.6. The molecule has 7 fully saturated rings. The van der Waals surface area contributed by atoms with E-state index in [2.05, 4.69) is 50.8 Å². The molecule has 4 nitrogen and oxygen atoms in total. The first-order chi connectivity index (χ1) is 17.3. The van der Waals surface area contributed by atoms with Crippen molar-refractivity contribution in [3.05, 3.63) is 46.2 Å². The average Bonchev–Trinajstić information content (AvgIpc) is 3.63. The number of rotatable bonds is 6. The van der Waals surface area contributed by atoms with Crippen molar-refractivity contribution in [3.8, 4) is 0 Å². The largest absolute Gasteiger partial charge is 0.312 e. The maximum Gasteiger partial charge on any atom is 0.230 e. The minimum Gasteiger partial charge on any atom is -0.312 e. The van der Waals surface area contributed by atoms with Gasteiger partial charge in [-0.3, -0.25) is 9.48 Å². The average molecular weight is 555 g/mol. The summed E-state index contributed by atoms with van der Waals surface area (Å²) in [6.07, 6.45) is 10.9. The number of carbonyl (C=O) groups excluding carboxylic acids is 1. The molecule has 0 spiro atoms. The number of alkyl halides is 1. The first-order valence-electron chi connectivity index (χ1n) is 14.1. The van der Waals surface area contributed by atoms with Gasteiger partial charge in [0.25, 0.3) is 0 Å². The number of carbonyl (C=O) groups is 1. The molecule has 0 aliphatic heterocycles. The number of halogens is 2. The highest BCUT2D eigenvalue weighted by molar-refractivity contribution is 9.10. The van der Waals surface area contributed by atoms with Crippen LogP contribution in [0.2, 0.25) is 0 Å². The maximum absolute atomic E-state index is 14.7. The van der Waals surface area contributed by atoms with Crippen molar-refractivity contribution in [3.63, 3.8) is 0 Å². The molecule has 7 aliphatic rings. The van der Waals surface area contributed by atoms with Crippen molar-refractivity contribution in [2.24, 2.45) is 30.2 Å². The molecule has 1 heterocycles. The van der Waals surface area contributed by atoms with Crippen LogP contribution in [-0.2, 0) is 17.3 Å². The molecule has 0 radical (unpaired) electrons. The number of aryl methyl sites for hydroxylation is 1. The molecular formula is C30H37BrFN3O. The first kappa shape index (κ1) is 23.4. The molecule has 4 bridgehead atoms. The topological polar surface area (TPSA) is 38.1 Å². The van der Waals surface area contributed by atoms with Crippen LogP contribution in [0, 0.1) is 23.2 Å². The molecule has 0 N–H and O–H groups in total. The Morgan fingerprint density at radius 3 is 2.44 bits per heavy atom. The number of amides is 1. The summed E-state index contributed by atoms with van der Waals surface area (Å²) in [6.45, 7) is 0.761. The van der Waals surface area contributed by atoms with Gasteiger partial charge in [0.2, 0.25) is 5.91 Å². The van der Waals surface area contributed by atoms with Crippen molar-refractivity contribution < 1.29 is 9.18 Å². The smallest absolute Gasteiger partial charge is 0.230 e. The summed E-state index contributed by atoms with van der Waals surface area (Å²) in [4.78, 5) is 16.1. The predicted molar refractivity (Wildman–Crippen MR) is 143 cm³/mol. The Morgan fingerprint density at radius 2 is 1.81 bits per heavy atom. The normalized spacial score (nSPS) is 37.0. The zero-order chi connectivity index (χ0) is 24.7. The quantitative estimate of drug-likeness (QED) is 0.383. The van der Waals surface area contributed by atoms with Crippen molar-refractivity contribution >= 4 is 27.5 Å². The van der Waals surface area contributed by atoms with E-state index in [0.717, 1.165) is 74.0 Å². The molecule has 192 valence electrons. The molecular weight excluding hydrogens is 517 g/mol. The molecule has 1 aromatic carbocycles. The third-order valence-electron chi connectivity index (χ3n) is 10.8. The van der Waals surface area contributed by atoms with Crippen molar-refractivity contribution in [1.82, 2.24) is 9.78 Å². The van der Waals surface area contributed by atoms with Crippen LogP contribution in [0.15, 0.2) is 34.8 Å². The van der Waals surface area contributed by atoms with E-state index in [0.29, 0.717) is 12.3 Å². The van der Waals surface area contributed by atoms with Gasteiger partial charge in [0.1, 0.15) is 6.17 Å². The Bertz CT molecular complexity index is 1160. The van der Waals surface area contributed by atoms with Crippen molar-refractivity contribution in [2.75, 3.05) is 11.4 Å². The van der Waals surface area contributed by atoms with E-state index in [1.807, 2.05) is 12.1 Å². The molecule has 0 saturated heterocycles. The lowest BCUT2D eigenvalue weighted by Crippen LogP contribution is -2.54. The number of hydrogen-bond donors (Lipinski definition) is 0. The molecule has 1 amide bonds. The van der Waals surface area contributed by atoms with Crippen LogP contribution in [0.1, 0.15) is 87.9 Å². The lowest BCUT2D eigenvalue weighted by molar-refractivity contribution is -0.133. The van der Waals surface area contributed by atoms with E-state index in [-0.39, 0.29) is 28.6 Å². The number of anilines is 1. The fraction of sp³-hybridized carbons (Fsp3) is 0.667. The molecule has 2 aromatic rings. The second kappa shape index (κ2) is 8.41. The van der Waals surface area contributed by atoms with Crippen LogP contribution < -0.4 is 4.90 Å². The van der Waals surface area contributed by atoms with Crippen LogP contribution in [0.3, 0.4) is 0 Å². The summed E-state index contributed by atoms with van der Waals surface area (Å²) >= 11 is 3.62. The Kier molecular flexibility index (Phi) is 5.47. The van der Waals surface area contributed by atoms with Gasteiger partial charge < -0.3 is 4.90 Å². The summed E-state index contributed by atoms with van der Waals surface area (Å²) in [5.41, 5.74) is 4.06. The first-order valence-corrected chi connectivity index (χ1v) is 14.9. The SMILES string of the molecule is Cn1nc(C23CCC(CN(C(=O)[C@H]4CC(F)C5CC4C5)c4cccc(Br)c4)(CC2)CC3)cc1C1CC1. The van der Waals surface area contributed by atoms with Gasteiger partial charge in [-0.05, 0) is 112 Å². The van der Waals surface area contributed by atoms with E-state index < -0.39 is 6.17 Å². The molecule has 7 saturated carbocycles. The second-order valence-electron chi connectivity index (χ2n) is 12.9. The minimum atomic E-state index is -0.810. The highest BCUT2D eigenvalue weighted by atomic mass is 79.9. The zero-order valence-corrected chi connectivity index (χ0v) is 22.9. The summed E-state index contributed by atoms with van der Waals surface area (Å²) in [7, 11) is 2.11. The Morgan fingerprint density at radius 1 is 1.08 bits per heavy atom. The molecule has 1 unspecified atom stereocenters. The number of nitrogens with zero attached hydrogens (tertiary/aromatic N) is 3. The van der Waals surface area contributed by atoms with Gasteiger partial charge in [-0.15, -0.1) is 0 Å². The fourth-order valence-corrected chi connectivity index (χ4v) is 8.51. The summed E-state index contributed by atoms with van der Waals surface area (Å²) in [5.74, 6) is 1.29. The minimum absolute atomic E-state index is 0.153. The number of hydrogen-bond acceptors (Lipinski definition) is 2. The highest BCUT2D eigenvalue weighted by Crippen LogP contribution is 2.59.